The molecule has 0 bridgehead atoms. The van der Waals surface area contributed by atoms with Crippen molar-refractivity contribution in [3.63, 3.8) is 0 Å². The van der Waals surface area contributed by atoms with Gasteiger partial charge in [-0.1, -0.05) is 11.8 Å². The zero-order valence-electron chi connectivity index (χ0n) is 18.0. The van der Waals surface area contributed by atoms with Gasteiger partial charge in [-0.2, -0.15) is 0 Å². The van der Waals surface area contributed by atoms with E-state index >= 15 is 0 Å². The normalized spacial score (nSPS) is 15.3. The number of rotatable bonds is 6. The highest BCUT2D eigenvalue weighted by Crippen LogP contribution is 2.40. The zero-order valence-corrected chi connectivity index (χ0v) is 20.4. The number of carbonyl (C=O) groups excluding carboxylic acids is 2. The Kier molecular flexibility index (Phi) is 6.48. The monoisotopic (exact) mass is 487 g/mol. The van der Waals surface area contributed by atoms with Crippen molar-refractivity contribution in [1.29, 1.82) is 0 Å². The van der Waals surface area contributed by atoms with Crippen LogP contribution >= 0.6 is 34.4 Å². The molecule has 168 valence electrons. The number of ether oxygens (including phenoxy) is 1. The summed E-state index contributed by atoms with van der Waals surface area (Å²) in [5.74, 6) is -0.228. The number of amides is 1. The fourth-order valence-electron chi connectivity index (χ4n) is 4.54. The Balaban J connectivity index is 1.35. The molecule has 0 unspecified atom stereocenters. The number of thioether (sulfide) groups is 1. The Morgan fingerprint density at radius 2 is 1.75 bits per heavy atom. The fourth-order valence-corrected chi connectivity index (χ4v) is 7.95. The summed E-state index contributed by atoms with van der Waals surface area (Å²) in [5, 5.41) is 5.63. The van der Waals surface area contributed by atoms with E-state index in [9.17, 15) is 9.59 Å². The van der Waals surface area contributed by atoms with Crippen molar-refractivity contribution in [3.05, 3.63) is 32.8 Å². The zero-order chi connectivity index (χ0) is 22.1. The highest BCUT2D eigenvalue weighted by Gasteiger charge is 2.27. The van der Waals surface area contributed by atoms with Gasteiger partial charge in [-0.05, 0) is 69.4 Å². The second kappa shape index (κ2) is 9.49. The lowest BCUT2D eigenvalue weighted by atomic mass is 9.95. The SMILES string of the molecule is CCOC(=O)c1c(NC(=O)CSc2ncnc3sc4c(c23)CCCC4)sc2c1CCCC2. The summed E-state index contributed by atoms with van der Waals surface area (Å²) >= 11 is 4.73. The molecule has 2 aliphatic carbocycles. The molecule has 32 heavy (non-hydrogen) atoms. The number of esters is 1. The number of fused-ring (bicyclic) bond motifs is 4. The van der Waals surface area contributed by atoms with Gasteiger partial charge < -0.3 is 10.1 Å². The second-order valence-corrected chi connectivity index (χ2v) is 11.2. The number of hydrogen-bond acceptors (Lipinski definition) is 8. The van der Waals surface area contributed by atoms with E-state index in [1.165, 1.54) is 51.3 Å². The molecule has 6 nitrogen and oxygen atoms in total. The van der Waals surface area contributed by atoms with Crippen LogP contribution in [0.25, 0.3) is 10.2 Å². The molecule has 3 aromatic heterocycles. The first kappa shape index (κ1) is 21.9. The molecule has 1 N–H and O–H groups in total. The molecule has 0 saturated carbocycles. The van der Waals surface area contributed by atoms with Crippen molar-refractivity contribution < 1.29 is 14.3 Å². The average molecular weight is 488 g/mol. The van der Waals surface area contributed by atoms with Gasteiger partial charge in [0.15, 0.2) is 0 Å². The number of nitrogens with one attached hydrogen (secondary N) is 1. The Bertz CT molecular complexity index is 1180. The lowest BCUT2D eigenvalue weighted by Crippen LogP contribution is -2.17. The van der Waals surface area contributed by atoms with E-state index in [1.807, 2.05) is 0 Å². The molecule has 0 aromatic carbocycles. The van der Waals surface area contributed by atoms with Gasteiger partial charge in [0.1, 0.15) is 21.2 Å². The first-order chi connectivity index (χ1) is 15.7. The number of nitrogens with zero attached hydrogens (tertiary/aromatic N) is 2. The summed E-state index contributed by atoms with van der Waals surface area (Å²) in [5.41, 5.74) is 2.99. The number of carbonyl (C=O) groups is 2. The molecule has 0 atom stereocenters. The summed E-state index contributed by atoms with van der Waals surface area (Å²) in [4.78, 5) is 38.1. The lowest BCUT2D eigenvalue weighted by molar-refractivity contribution is -0.113. The largest absolute Gasteiger partial charge is 0.462 e. The molecular weight excluding hydrogens is 462 g/mol. The highest BCUT2D eigenvalue weighted by atomic mass is 32.2. The molecule has 0 aliphatic heterocycles. The first-order valence-electron chi connectivity index (χ1n) is 11.1. The average Bonchev–Trinajstić information content (AvgIpc) is 3.36. The Hall–Kier alpha value is -1.97. The van der Waals surface area contributed by atoms with Gasteiger partial charge in [-0.3, -0.25) is 4.79 Å². The Labute approximate surface area is 199 Å². The van der Waals surface area contributed by atoms with Gasteiger partial charge in [0, 0.05) is 15.1 Å². The maximum Gasteiger partial charge on any atom is 0.341 e. The molecule has 9 heteroatoms. The van der Waals surface area contributed by atoms with Gasteiger partial charge in [-0.25, -0.2) is 14.8 Å². The first-order valence-corrected chi connectivity index (χ1v) is 13.8. The van der Waals surface area contributed by atoms with E-state index in [1.54, 1.807) is 24.6 Å². The van der Waals surface area contributed by atoms with Crippen LogP contribution in [-0.4, -0.2) is 34.2 Å². The summed E-state index contributed by atoms with van der Waals surface area (Å²) in [6.07, 6.45) is 10.2. The molecule has 1 amide bonds. The van der Waals surface area contributed by atoms with E-state index in [-0.39, 0.29) is 17.6 Å². The molecular formula is C23H25N3O3S3. The van der Waals surface area contributed by atoms with Crippen LogP contribution in [-0.2, 0) is 35.2 Å². The Morgan fingerprint density at radius 1 is 1.03 bits per heavy atom. The van der Waals surface area contributed by atoms with E-state index in [0.29, 0.717) is 17.2 Å². The highest BCUT2D eigenvalue weighted by molar-refractivity contribution is 8.00. The maximum atomic E-state index is 12.9. The summed E-state index contributed by atoms with van der Waals surface area (Å²) in [6, 6.07) is 0. The lowest BCUT2D eigenvalue weighted by Gasteiger charge is -2.12. The molecule has 0 radical (unpaired) electrons. The number of thiophene rings is 2. The van der Waals surface area contributed by atoms with Crippen molar-refractivity contribution in [2.75, 3.05) is 17.7 Å². The third-order valence-corrected chi connectivity index (χ3v) is 9.36. The second-order valence-electron chi connectivity index (χ2n) is 8.04. The van der Waals surface area contributed by atoms with Crippen LogP contribution < -0.4 is 5.32 Å². The topological polar surface area (TPSA) is 81.2 Å². The fraction of sp³-hybridized carbons (Fsp3) is 0.478. The minimum Gasteiger partial charge on any atom is -0.462 e. The van der Waals surface area contributed by atoms with Gasteiger partial charge in [0.2, 0.25) is 5.91 Å². The van der Waals surface area contributed by atoms with Crippen LogP contribution in [0.2, 0.25) is 0 Å². The molecule has 2 aliphatic rings. The van der Waals surface area contributed by atoms with Crippen LogP contribution in [0.5, 0.6) is 0 Å². The quantitative estimate of drug-likeness (QED) is 0.284. The number of aromatic nitrogens is 2. The minimum atomic E-state index is -0.336. The smallest absolute Gasteiger partial charge is 0.341 e. The van der Waals surface area contributed by atoms with Crippen LogP contribution in [0.3, 0.4) is 0 Å². The third kappa shape index (κ3) is 4.18. The van der Waals surface area contributed by atoms with Crippen molar-refractivity contribution in [2.45, 2.75) is 63.3 Å². The van der Waals surface area contributed by atoms with E-state index < -0.39 is 0 Å². The molecule has 0 saturated heterocycles. The van der Waals surface area contributed by atoms with Crippen molar-refractivity contribution in [3.8, 4) is 0 Å². The number of aryl methyl sites for hydroxylation is 3. The van der Waals surface area contributed by atoms with Crippen LogP contribution in [0.4, 0.5) is 5.00 Å². The summed E-state index contributed by atoms with van der Waals surface area (Å²) in [7, 11) is 0. The van der Waals surface area contributed by atoms with Crippen molar-refractivity contribution >= 4 is 61.5 Å². The van der Waals surface area contributed by atoms with Gasteiger partial charge in [0.05, 0.1) is 17.9 Å². The van der Waals surface area contributed by atoms with Crippen LogP contribution in [0, 0.1) is 0 Å². The molecule has 0 spiro atoms. The van der Waals surface area contributed by atoms with Gasteiger partial charge in [0.25, 0.3) is 0 Å². The number of hydrogen-bond donors (Lipinski definition) is 1. The summed E-state index contributed by atoms with van der Waals surface area (Å²) < 4.78 is 5.29. The molecule has 3 heterocycles. The van der Waals surface area contributed by atoms with Crippen molar-refractivity contribution in [1.82, 2.24) is 9.97 Å². The van der Waals surface area contributed by atoms with Crippen molar-refractivity contribution in [2.24, 2.45) is 0 Å². The van der Waals surface area contributed by atoms with Crippen LogP contribution in [0.15, 0.2) is 11.4 Å². The molecule has 5 rings (SSSR count). The number of anilines is 1. The minimum absolute atomic E-state index is 0.130. The van der Waals surface area contributed by atoms with E-state index in [4.69, 9.17) is 4.74 Å². The van der Waals surface area contributed by atoms with Crippen LogP contribution in [0.1, 0.15) is 63.8 Å². The molecule has 0 fully saturated rings. The summed E-state index contributed by atoms with van der Waals surface area (Å²) in [6.45, 7) is 2.12. The van der Waals surface area contributed by atoms with E-state index in [2.05, 4.69) is 15.3 Å². The third-order valence-electron chi connectivity index (χ3n) is 5.96. The van der Waals surface area contributed by atoms with Gasteiger partial charge >= 0.3 is 5.97 Å². The predicted octanol–water partition coefficient (Wildman–Crippen LogP) is 5.42. The maximum absolute atomic E-state index is 12.9. The standard InChI is InChI=1S/C23H25N3O3S3/c1-2-29-23(28)19-14-8-4-6-10-16(14)32-22(19)26-17(27)11-30-20-18-13-7-3-5-9-15(13)31-21(18)25-12-24-20/h12H,2-11H2,1H3,(H,26,27). The molecule has 3 aromatic rings. The Morgan fingerprint density at radius 3 is 2.53 bits per heavy atom. The predicted molar refractivity (Wildman–Crippen MR) is 130 cm³/mol. The van der Waals surface area contributed by atoms with E-state index in [0.717, 1.165) is 59.3 Å². The van der Waals surface area contributed by atoms with Gasteiger partial charge in [-0.15, -0.1) is 22.7 Å².